The summed E-state index contributed by atoms with van der Waals surface area (Å²) in [6.45, 7) is 1.97. The number of para-hydroxylation sites is 1. The fraction of sp³-hybridized carbons (Fsp3) is 0.0667. The van der Waals surface area contributed by atoms with Crippen LogP contribution in [0.15, 0.2) is 114 Å². The number of aryl methyl sites for hydroxylation is 1. The van der Waals surface area contributed by atoms with Gasteiger partial charge in [0.1, 0.15) is 5.58 Å². The Hall–Kier alpha value is -4.44. The highest BCUT2D eigenvalue weighted by molar-refractivity contribution is 6.17. The van der Waals surface area contributed by atoms with Gasteiger partial charge in [-0.3, -0.25) is 9.59 Å². The molecule has 0 aliphatic heterocycles. The van der Waals surface area contributed by atoms with Crippen LogP contribution in [0.4, 0.5) is 5.69 Å². The lowest BCUT2D eigenvalue weighted by atomic mass is 9.90. The molecule has 0 aliphatic rings. The SMILES string of the molecule is Cc1ccc(C(=O)c2oc3ccccc3c2NC(=O)C(c2ccccc2)c2ccccc2)cc1. The van der Waals surface area contributed by atoms with E-state index in [2.05, 4.69) is 5.32 Å². The Morgan fingerprint density at radius 1 is 0.706 bits per heavy atom. The van der Waals surface area contributed by atoms with Crippen molar-refractivity contribution in [3.8, 4) is 0 Å². The second kappa shape index (κ2) is 9.20. The molecule has 0 saturated carbocycles. The minimum Gasteiger partial charge on any atom is -0.450 e. The zero-order valence-electron chi connectivity index (χ0n) is 18.7. The van der Waals surface area contributed by atoms with Gasteiger partial charge in [-0.25, -0.2) is 0 Å². The van der Waals surface area contributed by atoms with E-state index in [1.54, 1.807) is 18.2 Å². The van der Waals surface area contributed by atoms with Crippen LogP contribution in [0.1, 0.15) is 38.7 Å². The van der Waals surface area contributed by atoms with Crippen molar-refractivity contribution in [2.45, 2.75) is 12.8 Å². The monoisotopic (exact) mass is 445 g/mol. The molecule has 0 unspecified atom stereocenters. The van der Waals surface area contributed by atoms with Crippen LogP contribution in [0.5, 0.6) is 0 Å². The number of rotatable bonds is 6. The summed E-state index contributed by atoms with van der Waals surface area (Å²) < 4.78 is 5.97. The Morgan fingerprint density at radius 3 is 1.88 bits per heavy atom. The van der Waals surface area contributed by atoms with Gasteiger partial charge in [0.05, 0.1) is 11.6 Å². The first kappa shape index (κ1) is 21.4. The van der Waals surface area contributed by atoms with Crippen molar-refractivity contribution in [1.29, 1.82) is 0 Å². The number of hydrogen-bond acceptors (Lipinski definition) is 3. The van der Waals surface area contributed by atoms with E-state index in [0.29, 0.717) is 22.2 Å². The Labute approximate surface area is 197 Å². The highest BCUT2D eigenvalue weighted by atomic mass is 16.3. The number of amides is 1. The molecular weight excluding hydrogens is 422 g/mol. The standard InChI is InChI=1S/C30H23NO3/c1-20-16-18-23(19-17-20)28(32)29-27(24-14-8-9-15-25(24)34-29)31-30(33)26(21-10-4-2-5-11-21)22-12-6-3-7-13-22/h2-19,26H,1H3,(H,31,33). The highest BCUT2D eigenvalue weighted by Gasteiger charge is 2.28. The van der Waals surface area contributed by atoms with Crippen LogP contribution in [0.25, 0.3) is 11.0 Å². The smallest absolute Gasteiger partial charge is 0.236 e. The van der Waals surface area contributed by atoms with Crippen LogP contribution in [0.2, 0.25) is 0 Å². The molecule has 166 valence electrons. The normalized spacial score (nSPS) is 11.0. The topological polar surface area (TPSA) is 59.3 Å². The predicted octanol–water partition coefficient (Wildman–Crippen LogP) is 6.74. The Balaban J connectivity index is 1.58. The van der Waals surface area contributed by atoms with Crippen molar-refractivity contribution in [1.82, 2.24) is 0 Å². The van der Waals surface area contributed by atoms with Gasteiger partial charge in [-0.1, -0.05) is 103 Å². The molecule has 0 bridgehead atoms. The van der Waals surface area contributed by atoms with Crippen molar-refractivity contribution >= 4 is 28.3 Å². The summed E-state index contributed by atoms with van der Waals surface area (Å²) in [7, 11) is 0. The maximum atomic E-state index is 13.7. The fourth-order valence-electron chi connectivity index (χ4n) is 4.15. The van der Waals surface area contributed by atoms with Gasteiger partial charge in [-0.15, -0.1) is 0 Å². The molecule has 1 heterocycles. The summed E-state index contributed by atoms with van der Waals surface area (Å²) in [5.74, 6) is -0.930. The van der Waals surface area contributed by atoms with E-state index in [9.17, 15) is 9.59 Å². The number of benzene rings is 4. The third kappa shape index (κ3) is 4.14. The van der Waals surface area contributed by atoms with Gasteiger partial charge >= 0.3 is 0 Å². The number of hydrogen-bond donors (Lipinski definition) is 1. The summed E-state index contributed by atoms with van der Waals surface area (Å²) in [5, 5.41) is 3.73. The van der Waals surface area contributed by atoms with Crippen LogP contribution in [-0.4, -0.2) is 11.7 Å². The predicted molar refractivity (Wildman–Crippen MR) is 134 cm³/mol. The van der Waals surface area contributed by atoms with Crippen molar-refractivity contribution in [2.75, 3.05) is 5.32 Å². The van der Waals surface area contributed by atoms with Crippen LogP contribution < -0.4 is 5.32 Å². The Bertz CT molecular complexity index is 1410. The van der Waals surface area contributed by atoms with Gasteiger partial charge in [0, 0.05) is 10.9 Å². The average molecular weight is 446 g/mol. The molecule has 0 atom stereocenters. The minimum atomic E-state index is -0.543. The van der Waals surface area contributed by atoms with Gasteiger partial charge < -0.3 is 9.73 Å². The number of nitrogens with one attached hydrogen (secondary N) is 1. The largest absolute Gasteiger partial charge is 0.450 e. The van der Waals surface area contributed by atoms with E-state index in [1.807, 2.05) is 97.9 Å². The van der Waals surface area contributed by atoms with Crippen molar-refractivity contribution < 1.29 is 14.0 Å². The molecule has 1 amide bonds. The molecule has 0 saturated heterocycles. The lowest BCUT2D eigenvalue weighted by Crippen LogP contribution is -2.23. The number of carbonyl (C=O) groups is 2. The van der Waals surface area contributed by atoms with Crippen LogP contribution in [-0.2, 0) is 4.79 Å². The second-order valence-electron chi connectivity index (χ2n) is 8.24. The second-order valence-corrected chi connectivity index (χ2v) is 8.24. The molecule has 5 rings (SSSR count). The van der Waals surface area contributed by atoms with E-state index >= 15 is 0 Å². The molecule has 0 spiro atoms. The van der Waals surface area contributed by atoms with E-state index in [-0.39, 0.29) is 17.5 Å². The molecular formula is C30H23NO3. The number of fused-ring (bicyclic) bond motifs is 1. The number of ketones is 1. The summed E-state index contributed by atoms with van der Waals surface area (Å²) in [5.41, 5.74) is 4.23. The van der Waals surface area contributed by atoms with Gasteiger partial charge in [0.15, 0.2) is 5.76 Å². The first-order valence-corrected chi connectivity index (χ1v) is 11.2. The maximum absolute atomic E-state index is 13.7. The number of carbonyl (C=O) groups excluding carboxylic acids is 2. The summed E-state index contributed by atoms with van der Waals surface area (Å²) in [6.07, 6.45) is 0. The van der Waals surface area contributed by atoms with Crippen molar-refractivity contribution in [2.24, 2.45) is 0 Å². The number of furan rings is 1. The molecule has 5 aromatic rings. The average Bonchev–Trinajstić information content (AvgIpc) is 3.24. The lowest BCUT2D eigenvalue weighted by molar-refractivity contribution is -0.116. The quantitative estimate of drug-likeness (QED) is 0.294. The maximum Gasteiger partial charge on any atom is 0.236 e. The molecule has 4 aromatic carbocycles. The molecule has 1 aromatic heterocycles. The van der Waals surface area contributed by atoms with Crippen LogP contribution >= 0.6 is 0 Å². The van der Waals surface area contributed by atoms with Gasteiger partial charge in [0.25, 0.3) is 0 Å². The zero-order valence-corrected chi connectivity index (χ0v) is 18.7. The molecule has 1 N–H and O–H groups in total. The zero-order chi connectivity index (χ0) is 23.5. The molecule has 0 radical (unpaired) electrons. The summed E-state index contributed by atoms with van der Waals surface area (Å²) >= 11 is 0. The Kier molecular flexibility index (Phi) is 5.79. The van der Waals surface area contributed by atoms with Crippen LogP contribution in [0.3, 0.4) is 0 Å². The van der Waals surface area contributed by atoms with E-state index in [0.717, 1.165) is 16.7 Å². The first-order chi connectivity index (χ1) is 16.6. The summed E-state index contributed by atoms with van der Waals surface area (Å²) in [4.78, 5) is 27.1. The van der Waals surface area contributed by atoms with E-state index in [1.165, 1.54) is 0 Å². The van der Waals surface area contributed by atoms with E-state index < -0.39 is 5.92 Å². The fourth-order valence-corrected chi connectivity index (χ4v) is 4.15. The molecule has 4 nitrogen and oxygen atoms in total. The van der Waals surface area contributed by atoms with Gasteiger partial charge in [0.2, 0.25) is 11.7 Å². The van der Waals surface area contributed by atoms with Crippen LogP contribution in [0, 0.1) is 6.92 Å². The van der Waals surface area contributed by atoms with Gasteiger partial charge in [-0.05, 0) is 30.2 Å². The Morgan fingerprint density at radius 2 is 1.26 bits per heavy atom. The summed E-state index contributed by atoms with van der Waals surface area (Å²) in [6, 6.07) is 33.9. The third-order valence-corrected chi connectivity index (χ3v) is 5.89. The third-order valence-electron chi connectivity index (χ3n) is 5.89. The number of anilines is 1. The molecule has 0 fully saturated rings. The first-order valence-electron chi connectivity index (χ1n) is 11.2. The van der Waals surface area contributed by atoms with Gasteiger partial charge in [-0.2, -0.15) is 0 Å². The molecule has 0 aliphatic carbocycles. The highest BCUT2D eigenvalue weighted by Crippen LogP contribution is 2.34. The molecule has 4 heteroatoms. The van der Waals surface area contributed by atoms with Crippen molar-refractivity contribution in [3.05, 3.63) is 137 Å². The van der Waals surface area contributed by atoms with Crippen molar-refractivity contribution in [3.63, 3.8) is 0 Å². The molecule has 34 heavy (non-hydrogen) atoms. The minimum absolute atomic E-state index is 0.123. The van der Waals surface area contributed by atoms with E-state index in [4.69, 9.17) is 4.42 Å². The lowest BCUT2D eigenvalue weighted by Gasteiger charge is -2.18.